The Balaban J connectivity index is 1.79. The van der Waals surface area contributed by atoms with Crippen molar-refractivity contribution in [3.05, 3.63) is 111 Å². The van der Waals surface area contributed by atoms with Gasteiger partial charge in [-0.1, -0.05) is 83.4 Å². The molecule has 0 amide bonds. The van der Waals surface area contributed by atoms with Crippen molar-refractivity contribution in [1.82, 2.24) is 0 Å². The van der Waals surface area contributed by atoms with Gasteiger partial charge in [-0.3, -0.25) is 0 Å². The molecule has 1 atom stereocenters. The lowest BCUT2D eigenvalue weighted by molar-refractivity contribution is 0.623. The van der Waals surface area contributed by atoms with E-state index in [4.69, 9.17) is 0 Å². The van der Waals surface area contributed by atoms with Gasteiger partial charge in [-0.05, 0) is 78.8 Å². The number of hydrogen-bond donors (Lipinski definition) is 0. The second-order valence-electron chi connectivity index (χ2n) is 8.74. The molecule has 0 aromatic heterocycles. The van der Waals surface area contributed by atoms with E-state index in [-0.39, 0.29) is 0 Å². The second-order valence-corrected chi connectivity index (χ2v) is 8.74. The topological polar surface area (TPSA) is 0 Å². The molecule has 144 valence electrons. The zero-order valence-corrected chi connectivity index (χ0v) is 18.0. The molecule has 3 aromatic rings. The predicted molar refractivity (Wildman–Crippen MR) is 125 cm³/mol. The van der Waals surface area contributed by atoms with Crippen molar-refractivity contribution in [3.8, 4) is 0 Å². The molecule has 0 fully saturated rings. The minimum Gasteiger partial charge on any atom is -0.0620 e. The standard InChI is InChI=1S/C29H28/c1-17-18(2)20(4)27(19(17)3)29-21(5)28(25-14-8-9-15-26(25)29)24-16-10-12-22-11-6-7-13-23(22)24/h6-16,27,29H,1-5H3. The van der Waals surface area contributed by atoms with Gasteiger partial charge in [-0.25, -0.2) is 0 Å². The molecule has 3 aromatic carbocycles. The van der Waals surface area contributed by atoms with Gasteiger partial charge in [0.2, 0.25) is 0 Å². The molecule has 0 saturated heterocycles. The molecule has 0 aliphatic heterocycles. The number of rotatable bonds is 2. The maximum Gasteiger partial charge on any atom is 0.0164 e. The summed E-state index contributed by atoms with van der Waals surface area (Å²) in [6.07, 6.45) is 0. The van der Waals surface area contributed by atoms with Crippen LogP contribution in [0.2, 0.25) is 0 Å². The lowest BCUT2D eigenvalue weighted by atomic mass is 9.77. The lowest BCUT2D eigenvalue weighted by Crippen LogP contribution is -2.13. The van der Waals surface area contributed by atoms with Crippen molar-refractivity contribution in [3.63, 3.8) is 0 Å². The highest BCUT2D eigenvalue weighted by Crippen LogP contribution is 2.55. The second kappa shape index (κ2) is 6.59. The summed E-state index contributed by atoms with van der Waals surface area (Å²) in [6, 6.07) is 24.6. The minimum atomic E-state index is 0.424. The number of hydrogen-bond acceptors (Lipinski definition) is 0. The smallest absolute Gasteiger partial charge is 0.0164 e. The van der Waals surface area contributed by atoms with Crippen LogP contribution in [0.15, 0.2) is 94.6 Å². The van der Waals surface area contributed by atoms with E-state index >= 15 is 0 Å². The number of benzene rings is 3. The average Bonchev–Trinajstić information content (AvgIpc) is 3.13. The van der Waals surface area contributed by atoms with Crippen molar-refractivity contribution in [1.29, 1.82) is 0 Å². The molecule has 5 rings (SSSR count). The Kier molecular flexibility index (Phi) is 4.13. The molecule has 29 heavy (non-hydrogen) atoms. The molecule has 0 heteroatoms. The molecule has 0 radical (unpaired) electrons. The number of fused-ring (bicyclic) bond motifs is 2. The Hall–Kier alpha value is -2.86. The first-order valence-electron chi connectivity index (χ1n) is 10.6. The van der Waals surface area contributed by atoms with Crippen LogP contribution in [0.4, 0.5) is 0 Å². The first-order chi connectivity index (χ1) is 14.0. The Morgan fingerprint density at radius 3 is 1.86 bits per heavy atom. The Morgan fingerprint density at radius 2 is 1.10 bits per heavy atom. The molecular weight excluding hydrogens is 348 g/mol. The lowest BCUT2D eigenvalue weighted by Gasteiger charge is -2.26. The normalized spacial score (nSPS) is 19.7. The van der Waals surface area contributed by atoms with E-state index in [0.717, 1.165) is 0 Å². The number of allylic oxidation sites excluding steroid dienone is 5. The molecule has 0 saturated carbocycles. The molecule has 0 bridgehead atoms. The van der Waals surface area contributed by atoms with Gasteiger partial charge in [0.25, 0.3) is 0 Å². The first-order valence-corrected chi connectivity index (χ1v) is 10.6. The van der Waals surface area contributed by atoms with Gasteiger partial charge >= 0.3 is 0 Å². The largest absolute Gasteiger partial charge is 0.0620 e. The third kappa shape index (κ3) is 2.52. The zero-order valence-electron chi connectivity index (χ0n) is 18.0. The van der Waals surface area contributed by atoms with Crippen LogP contribution in [0.1, 0.15) is 57.2 Å². The summed E-state index contributed by atoms with van der Waals surface area (Å²) in [5.74, 6) is 0.899. The fourth-order valence-electron chi connectivity index (χ4n) is 5.71. The third-order valence-electron chi connectivity index (χ3n) is 7.50. The summed E-state index contributed by atoms with van der Waals surface area (Å²) >= 11 is 0. The summed E-state index contributed by atoms with van der Waals surface area (Å²) in [7, 11) is 0. The van der Waals surface area contributed by atoms with Gasteiger partial charge < -0.3 is 0 Å². The predicted octanol–water partition coefficient (Wildman–Crippen LogP) is 8.06. The minimum absolute atomic E-state index is 0.424. The van der Waals surface area contributed by atoms with E-state index in [1.807, 2.05) is 0 Å². The monoisotopic (exact) mass is 376 g/mol. The van der Waals surface area contributed by atoms with Gasteiger partial charge in [0.05, 0.1) is 0 Å². The first kappa shape index (κ1) is 18.2. The van der Waals surface area contributed by atoms with Crippen LogP contribution in [0.25, 0.3) is 16.3 Å². The van der Waals surface area contributed by atoms with E-state index in [1.54, 1.807) is 11.1 Å². The molecule has 1 unspecified atom stereocenters. The summed E-state index contributed by atoms with van der Waals surface area (Å²) in [6.45, 7) is 11.6. The fourth-order valence-corrected chi connectivity index (χ4v) is 5.71. The molecule has 2 aliphatic carbocycles. The van der Waals surface area contributed by atoms with Crippen molar-refractivity contribution in [2.75, 3.05) is 0 Å². The molecular formula is C29H28. The molecule has 0 heterocycles. The Morgan fingerprint density at radius 1 is 0.517 bits per heavy atom. The van der Waals surface area contributed by atoms with Crippen LogP contribution in [0.5, 0.6) is 0 Å². The summed E-state index contributed by atoms with van der Waals surface area (Å²) in [5.41, 5.74) is 13.3. The SMILES string of the molecule is CC1=C(C)C(C2C(C)=C(c3cccc4ccccc34)c3ccccc32)C(C)=C1C. The van der Waals surface area contributed by atoms with Crippen molar-refractivity contribution in [2.24, 2.45) is 5.92 Å². The maximum absolute atomic E-state index is 2.37. The van der Waals surface area contributed by atoms with Gasteiger partial charge in [0.1, 0.15) is 0 Å². The van der Waals surface area contributed by atoms with E-state index in [0.29, 0.717) is 11.8 Å². The Bertz CT molecular complexity index is 1220. The van der Waals surface area contributed by atoms with Crippen LogP contribution in [0, 0.1) is 5.92 Å². The van der Waals surface area contributed by atoms with Crippen molar-refractivity contribution < 1.29 is 0 Å². The van der Waals surface area contributed by atoms with Crippen molar-refractivity contribution >= 4 is 16.3 Å². The molecule has 0 N–H and O–H groups in total. The molecule has 2 aliphatic rings. The van der Waals surface area contributed by atoms with Gasteiger partial charge in [0.15, 0.2) is 0 Å². The fraction of sp³-hybridized carbons (Fsp3) is 0.241. The van der Waals surface area contributed by atoms with Crippen LogP contribution in [0.3, 0.4) is 0 Å². The van der Waals surface area contributed by atoms with E-state index in [1.165, 1.54) is 49.8 Å². The highest BCUT2D eigenvalue weighted by molar-refractivity contribution is 6.01. The average molecular weight is 377 g/mol. The third-order valence-corrected chi connectivity index (χ3v) is 7.50. The van der Waals surface area contributed by atoms with E-state index in [9.17, 15) is 0 Å². The van der Waals surface area contributed by atoms with Crippen LogP contribution >= 0.6 is 0 Å². The van der Waals surface area contributed by atoms with E-state index in [2.05, 4.69) is 101 Å². The van der Waals surface area contributed by atoms with Crippen molar-refractivity contribution in [2.45, 2.75) is 40.5 Å². The van der Waals surface area contributed by atoms with Gasteiger partial charge in [-0.2, -0.15) is 0 Å². The summed E-state index contributed by atoms with van der Waals surface area (Å²) in [4.78, 5) is 0. The Labute approximate surface area is 174 Å². The maximum atomic E-state index is 2.37. The van der Waals surface area contributed by atoms with Crippen LogP contribution < -0.4 is 0 Å². The van der Waals surface area contributed by atoms with E-state index < -0.39 is 0 Å². The van der Waals surface area contributed by atoms with Gasteiger partial charge in [0, 0.05) is 11.8 Å². The summed E-state index contributed by atoms with van der Waals surface area (Å²) < 4.78 is 0. The summed E-state index contributed by atoms with van der Waals surface area (Å²) in [5, 5.41) is 2.66. The highest BCUT2D eigenvalue weighted by Gasteiger charge is 2.39. The van der Waals surface area contributed by atoms with Crippen LogP contribution in [-0.2, 0) is 0 Å². The highest BCUT2D eigenvalue weighted by atomic mass is 14.4. The molecule has 0 nitrogen and oxygen atoms in total. The molecule has 0 spiro atoms. The quantitative estimate of drug-likeness (QED) is 0.424. The van der Waals surface area contributed by atoms with Gasteiger partial charge in [-0.15, -0.1) is 0 Å². The zero-order chi connectivity index (χ0) is 20.3. The van der Waals surface area contributed by atoms with Crippen LogP contribution in [-0.4, -0.2) is 0 Å².